The molecule has 0 fully saturated rings. The molecule has 0 N–H and O–H groups in total. The van der Waals surface area contributed by atoms with Crippen molar-refractivity contribution in [3.8, 4) is 0 Å². The fourth-order valence-corrected chi connectivity index (χ4v) is 4.01. The SMILES string of the molecule is C/C=C(/c1ccc(N(C)CC)cc1)c1cccc(/C(=C/C)c2ccc(N(C)CC)cc2)c1. The van der Waals surface area contributed by atoms with Gasteiger partial charge in [0.15, 0.2) is 0 Å². The molecule has 0 aliphatic carbocycles. The first-order chi connectivity index (χ1) is 15.5. The topological polar surface area (TPSA) is 6.48 Å². The van der Waals surface area contributed by atoms with Gasteiger partial charge in [-0.3, -0.25) is 0 Å². The molecule has 0 atom stereocenters. The number of hydrogen-bond donors (Lipinski definition) is 0. The summed E-state index contributed by atoms with van der Waals surface area (Å²) in [7, 11) is 4.25. The van der Waals surface area contributed by atoms with Crippen molar-refractivity contribution in [2.45, 2.75) is 27.7 Å². The molecular formula is C30H36N2. The lowest BCUT2D eigenvalue weighted by atomic mass is 9.92. The molecule has 0 aromatic heterocycles. The summed E-state index contributed by atoms with van der Waals surface area (Å²) in [5, 5.41) is 0. The number of rotatable bonds is 8. The Morgan fingerprint density at radius 1 is 0.594 bits per heavy atom. The van der Waals surface area contributed by atoms with Crippen LogP contribution in [0.25, 0.3) is 11.1 Å². The number of nitrogens with zero attached hydrogens (tertiary/aromatic N) is 2. The minimum absolute atomic E-state index is 1.000. The summed E-state index contributed by atoms with van der Waals surface area (Å²) in [5.74, 6) is 0. The van der Waals surface area contributed by atoms with E-state index in [1.807, 2.05) is 0 Å². The Hall–Kier alpha value is -3.26. The third kappa shape index (κ3) is 5.13. The lowest BCUT2D eigenvalue weighted by Gasteiger charge is -2.18. The Kier molecular flexibility index (Phi) is 7.94. The van der Waals surface area contributed by atoms with Crippen LogP contribution in [0.4, 0.5) is 11.4 Å². The van der Waals surface area contributed by atoms with E-state index in [1.165, 1.54) is 44.8 Å². The van der Waals surface area contributed by atoms with Crippen molar-refractivity contribution in [1.29, 1.82) is 0 Å². The summed E-state index contributed by atoms with van der Waals surface area (Å²) in [6, 6.07) is 26.6. The van der Waals surface area contributed by atoms with E-state index in [-0.39, 0.29) is 0 Å². The second-order valence-electron chi connectivity index (χ2n) is 8.11. The predicted molar refractivity (Wildman–Crippen MR) is 143 cm³/mol. The van der Waals surface area contributed by atoms with E-state index in [9.17, 15) is 0 Å². The maximum atomic E-state index is 2.31. The van der Waals surface area contributed by atoms with E-state index in [1.54, 1.807) is 0 Å². The molecule has 2 heteroatoms. The fourth-order valence-electron chi connectivity index (χ4n) is 4.01. The molecule has 0 unspecified atom stereocenters. The number of anilines is 2. The number of allylic oxidation sites excluding steroid dienone is 2. The van der Waals surface area contributed by atoms with E-state index in [4.69, 9.17) is 0 Å². The van der Waals surface area contributed by atoms with Crippen molar-refractivity contribution < 1.29 is 0 Å². The molecule has 0 saturated carbocycles. The fraction of sp³-hybridized carbons (Fsp3) is 0.267. The van der Waals surface area contributed by atoms with Crippen LogP contribution in [0.5, 0.6) is 0 Å². The molecule has 32 heavy (non-hydrogen) atoms. The monoisotopic (exact) mass is 424 g/mol. The molecule has 0 heterocycles. The Bertz CT molecular complexity index is 988. The second kappa shape index (κ2) is 10.9. The van der Waals surface area contributed by atoms with Crippen LogP contribution < -0.4 is 9.80 Å². The quantitative estimate of drug-likeness (QED) is 0.369. The third-order valence-corrected chi connectivity index (χ3v) is 6.25. The lowest BCUT2D eigenvalue weighted by molar-refractivity contribution is 0.968. The highest BCUT2D eigenvalue weighted by Crippen LogP contribution is 2.30. The van der Waals surface area contributed by atoms with Crippen molar-refractivity contribution >= 4 is 22.5 Å². The molecule has 0 radical (unpaired) electrons. The van der Waals surface area contributed by atoms with Crippen LogP contribution >= 0.6 is 0 Å². The molecule has 0 amide bonds. The molecule has 0 aliphatic rings. The van der Waals surface area contributed by atoms with Gasteiger partial charge in [-0.15, -0.1) is 0 Å². The molecule has 0 aliphatic heterocycles. The molecule has 3 rings (SSSR count). The molecule has 3 aromatic carbocycles. The minimum Gasteiger partial charge on any atom is -0.375 e. The van der Waals surface area contributed by atoms with Crippen LogP contribution in [0.15, 0.2) is 84.9 Å². The van der Waals surface area contributed by atoms with Crippen LogP contribution in [0.2, 0.25) is 0 Å². The van der Waals surface area contributed by atoms with Crippen molar-refractivity contribution in [3.63, 3.8) is 0 Å². The molecule has 2 nitrogen and oxygen atoms in total. The Labute approximate surface area is 194 Å². The van der Waals surface area contributed by atoms with Gasteiger partial charge in [-0.05, 0) is 91.4 Å². The van der Waals surface area contributed by atoms with Gasteiger partial charge in [0.25, 0.3) is 0 Å². The van der Waals surface area contributed by atoms with Gasteiger partial charge in [0.05, 0.1) is 0 Å². The van der Waals surface area contributed by atoms with Crippen LogP contribution in [-0.2, 0) is 0 Å². The van der Waals surface area contributed by atoms with E-state index >= 15 is 0 Å². The summed E-state index contributed by atoms with van der Waals surface area (Å²) in [5.41, 5.74) is 9.97. The molecule has 0 saturated heterocycles. The van der Waals surface area contributed by atoms with E-state index in [2.05, 4.69) is 137 Å². The minimum atomic E-state index is 1.000. The molecule has 166 valence electrons. The van der Waals surface area contributed by atoms with Gasteiger partial charge >= 0.3 is 0 Å². The largest absolute Gasteiger partial charge is 0.375 e. The summed E-state index contributed by atoms with van der Waals surface area (Å²) >= 11 is 0. The van der Waals surface area contributed by atoms with Crippen LogP contribution in [0.1, 0.15) is 49.9 Å². The number of hydrogen-bond acceptors (Lipinski definition) is 2. The normalized spacial score (nSPS) is 12.1. The summed E-state index contributed by atoms with van der Waals surface area (Å²) < 4.78 is 0. The van der Waals surface area contributed by atoms with Crippen molar-refractivity contribution in [3.05, 3.63) is 107 Å². The van der Waals surface area contributed by atoms with E-state index < -0.39 is 0 Å². The highest BCUT2D eigenvalue weighted by atomic mass is 15.1. The first-order valence-electron chi connectivity index (χ1n) is 11.6. The van der Waals surface area contributed by atoms with Crippen molar-refractivity contribution in [1.82, 2.24) is 0 Å². The van der Waals surface area contributed by atoms with E-state index in [0.29, 0.717) is 0 Å². The zero-order chi connectivity index (χ0) is 23.1. The molecular weight excluding hydrogens is 388 g/mol. The third-order valence-electron chi connectivity index (χ3n) is 6.25. The maximum absolute atomic E-state index is 2.31. The standard InChI is InChI=1S/C30H36N2/c1-7-29(23-14-18-27(19-15-23)31(5)9-3)25-12-11-13-26(22-25)30(8-2)24-16-20-28(21-17-24)32(6)10-4/h7-8,11-22H,9-10H2,1-6H3/b29-7-,30-8+. The molecule has 3 aromatic rings. The van der Waals surface area contributed by atoms with Gasteiger partial charge in [0, 0.05) is 38.6 Å². The van der Waals surface area contributed by atoms with Crippen LogP contribution in [0, 0.1) is 0 Å². The van der Waals surface area contributed by atoms with Gasteiger partial charge in [0.2, 0.25) is 0 Å². The van der Waals surface area contributed by atoms with E-state index in [0.717, 1.165) is 13.1 Å². The second-order valence-corrected chi connectivity index (χ2v) is 8.11. The van der Waals surface area contributed by atoms with Gasteiger partial charge < -0.3 is 9.80 Å². The number of benzene rings is 3. The lowest BCUT2D eigenvalue weighted by Crippen LogP contribution is -2.15. The van der Waals surface area contributed by atoms with Crippen LogP contribution in [-0.4, -0.2) is 27.2 Å². The van der Waals surface area contributed by atoms with Gasteiger partial charge in [-0.25, -0.2) is 0 Å². The molecule has 0 spiro atoms. The molecule has 0 bridgehead atoms. The Balaban J connectivity index is 1.92. The summed E-state index contributed by atoms with van der Waals surface area (Å²) in [6.07, 6.45) is 4.42. The Morgan fingerprint density at radius 3 is 1.28 bits per heavy atom. The predicted octanol–water partition coefficient (Wildman–Crippen LogP) is 7.50. The highest BCUT2D eigenvalue weighted by Gasteiger charge is 2.10. The van der Waals surface area contributed by atoms with Gasteiger partial charge in [-0.2, -0.15) is 0 Å². The smallest absolute Gasteiger partial charge is 0.0363 e. The first-order valence-corrected chi connectivity index (χ1v) is 11.6. The summed E-state index contributed by atoms with van der Waals surface area (Å²) in [6.45, 7) is 10.6. The first kappa shape index (κ1) is 23.4. The van der Waals surface area contributed by atoms with Crippen molar-refractivity contribution in [2.24, 2.45) is 0 Å². The zero-order valence-corrected chi connectivity index (χ0v) is 20.4. The summed E-state index contributed by atoms with van der Waals surface area (Å²) in [4.78, 5) is 4.50. The average Bonchev–Trinajstić information content (AvgIpc) is 2.85. The van der Waals surface area contributed by atoms with Crippen molar-refractivity contribution in [2.75, 3.05) is 37.0 Å². The average molecular weight is 425 g/mol. The maximum Gasteiger partial charge on any atom is 0.0363 e. The van der Waals surface area contributed by atoms with Crippen LogP contribution in [0.3, 0.4) is 0 Å². The van der Waals surface area contributed by atoms with Gasteiger partial charge in [-0.1, -0.05) is 54.6 Å². The highest BCUT2D eigenvalue weighted by molar-refractivity contribution is 5.85. The van der Waals surface area contributed by atoms with Gasteiger partial charge in [0.1, 0.15) is 0 Å². The Morgan fingerprint density at radius 2 is 0.969 bits per heavy atom. The zero-order valence-electron chi connectivity index (χ0n) is 20.4.